The first-order chi connectivity index (χ1) is 5.74. The summed E-state index contributed by atoms with van der Waals surface area (Å²) < 4.78 is 0. The Bertz CT molecular complexity index is 187. The van der Waals surface area contributed by atoms with Gasteiger partial charge in [0.2, 0.25) is 5.91 Å². The fourth-order valence-electron chi connectivity index (χ4n) is 0.655. The fraction of sp³-hybridized carbons (Fsp3) is 0.500. The van der Waals surface area contributed by atoms with Crippen molar-refractivity contribution in [2.24, 2.45) is 0 Å². The lowest BCUT2D eigenvalue weighted by Crippen LogP contribution is -2.25. The van der Waals surface area contributed by atoms with Gasteiger partial charge in [-0.1, -0.05) is 6.92 Å². The molecule has 0 rings (SSSR count). The molecule has 0 aliphatic carbocycles. The quantitative estimate of drug-likeness (QED) is 0.517. The van der Waals surface area contributed by atoms with Crippen LogP contribution in [0.25, 0.3) is 0 Å². The van der Waals surface area contributed by atoms with Crippen LogP contribution in [0, 0.1) is 5.41 Å². The minimum atomic E-state index is -0.00106. The van der Waals surface area contributed by atoms with Gasteiger partial charge < -0.3 is 16.0 Å². The standard InChI is InChI=1S/C8H15N3O/c1-3-8(12)11-6-7(4-9)5-10-2/h4-5,9-10H,3,6H2,1-2H3,(H,11,12)/b7-5+,9-4?. The van der Waals surface area contributed by atoms with Gasteiger partial charge in [0.15, 0.2) is 0 Å². The zero-order chi connectivity index (χ0) is 9.40. The highest BCUT2D eigenvalue weighted by Gasteiger charge is 1.96. The molecule has 0 saturated heterocycles. The van der Waals surface area contributed by atoms with Crippen molar-refractivity contribution in [3.05, 3.63) is 11.8 Å². The Morgan fingerprint density at radius 1 is 1.58 bits per heavy atom. The number of rotatable bonds is 5. The molecule has 4 nitrogen and oxygen atoms in total. The second-order valence-corrected chi connectivity index (χ2v) is 2.28. The maximum Gasteiger partial charge on any atom is 0.219 e. The number of nitrogens with one attached hydrogen (secondary N) is 3. The molecule has 12 heavy (non-hydrogen) atoms. The van der Waals surface area contributed by atoms with E-state index in [0.717, 1.165) is 5.57 Å². The summed E-state index contributed by atoms with van der Waals surface area (Å²) in [6, 6.07) is 0. The lowest BCUT2D eigenvalue weighted by molar-refractivity contribution is -0.120. The van der Waals surface area contributed by atoms with Gasteiger partial charge in [-0.05, 0) is 0 Å². The molecule has 0 aromatic heterocycles. The van der Waals surface area contributed by atoms with Gasteiger partial charge in [0.1, 0.15) is 0 Å². The Morgan fingerprint density at radius 3 is 2.67 bits per heavy atom. The van der Waals surface area contributed by atoms with Crippen LogP contribution in [-0.4, -0.2) is 25.7 Å². The van der Waals surface area contributed by atoms with E-state index < -0.39 is 0 Å². The number of hydrogen-bond acceptors (Lipinski definition) is 3. The first-order valence-electron chi connectivity index (χ1n) is 3.88. The minimum Gasteiger partial charge on any atom is -0.394 e. The maximum absolute atomic E-state index is 10.8. The summed E-state index contributed by atoms with van der Waals surface area (Å²) in [5.74, 6) is -0.00106. The van der Waals surface area contributed by atoms with Gasteiger partial charge in [-0.15, -0.1) is 0 Å². The average molecular weight is 169 g/mol. The van der Waals surface area contributed by atoms with Crippen molar-refractivity contribution in [3.63, 3.8) is 0 Å². The van der Waals surface area contributed by atoms with Gasteiger partial charge in [0.05, 0.1) is 0 Å². The van der Waals surface area contributed by atoms with Crippen LogP contribution in [0.2, 0.25) is 0 Å². The van der Waals surface area contributed by atoms with Crippen molar-refractivity contribution in [2.75, 3.05) is 13.6 Å². The Morgan fingerprint density at radius 2 is 2.25 bits per heavy atom. The Balaban J connectivity index is 3.80. The molecule has 0 aliphatic rings. The number of carbonyl (C=O) groups excluding carboxylic acids is 1. The zero-order valence-corrected chi connectivity index (χ0v) is 7.48. The normalized spacial score (nSPS) is 10.7. The van der Waals surface area contributed by atoms with E-state index in [1.807, 2.05) is 0 Å². The Hall–Kier alpha value is -1.32. The van der Waals surface area contributed by atoms with Gasteiger partial charge in [-0.3, -0.25) is 4.79 Å². The summed E-state index contributed by atoms with van der Waals surface area (Å²) in [5.41, 5.74) is 0.749. The van der Waals surface area contributed by atoms with Crippen molar-refractivity contribution >= 4 is 12.1 Å². The number of hydrogen-bond donors (Lipinski definition) is 3. The third-order valence-electron chi connectivity index (χ3n) is 1.33. The van der Waals surface area contributed by atoms with Gasteiger partial charge in [-0.25, -0.2) is 0 Å². The van der Waals surface area contributed by atoms with E-state index in [0.29, 0.717) is 13.0 Å². The lowest BCUT2D eigenvalue weighted by Gasteiger charge is -2.02. The summed E-state index contributed by atoms with van der Waals surface area (Å²) >= 11 is 0. The zero-order valence-electron chi connectivity index (χ0n) is 7.48. The summed E-state index contributed by atoms with van der Waals surface area (Å²) in [6.45, 7) is 2.21. The van der Waals surface area contributed by atoms with Gasteiger partial charge in [0.25, 0.3) is 0 Å². The number of carbonyl (C=O) groups is 1. The molecule has 0 aromatic rings. The predicted molar refractivity (Wildman–Crippen MR) is 49.2 cm³/mol. The molecule has 0 bridgehead atoms. The summed E-state index contributed by atoms with van der Waals surface area (Å²) in [6.07, 6.45) is 3.38. The van der Waals surface area contributed by atoms with Gasteiger partial charge in [0, 0.05) is 38.0 Å². The molecular formula is C8H15N3O. The third-order valence-corrected chi connectivity index (χ3v) is 1.33. The topological polar surface area (TPSA) is 65.0 Å². The van der Waals surface area contributed by atoms with Crippen molar-refractivity contribution in [2.45, 2.75) is 13.3 Å². The van der Waals surface area contributed by atoms with E-state index in [9.17, 15) is 4.79 Å². The molecule has 4 heteroatoms. The largest absolute Gasteiger partial charge is 0.394 e. The van der Waals surface area contributed by atoms with Gasteiger partial charge in [-0.2, -0.15) is 0 Å². The van der Waals surface area contributed by atoms with Gasteiger partial charge >= 0.3 is 0 Å². The Kier molecular flexibility index (Phi) is 5.69. The highest BCUT2D eigenvalue weighted by molar-refractivity contribution is 5.80. The second-order valence-electron chi connectivity index (χ2n) is 2.28. The molecule has 0 saturated carbocycles. The molecule has 0 radical (unpaired) electrons. The van der Waals surface area contributed by atoms with Crippen LogP contribution < -0.4 is 10.6 Å². The van der Waals surface area contributed by atoms with Crippen molar-refractivity contribution in [1.29, 1.82) is 5.41 Å². The molecular weight excluding hydrogens is 154 g/mol. The molecule has 0 fully saturated rings. The molecule has 0 atom stereocenters. The van der Waals surface area contributed by atoms with Crippen LogP contribution in [0.15, 0.2) is 11.8 Å². The fourth-order valence-corrected chi connectivity index (χ4v) is 0.655. The predicted octanol–water partition coefficient (Wildman–Crippen LogP) is 0.265. The van der Waals surface area contributed by atoms with E-state index in [1.165, 1.54) is 6.21 Å². The van der Waals surface area contributed by atoms with Crippen molar-refractivity contribution in [1.82, 2.24) is 10.6 Å². The maximum atomic E-state index is 10.8. The van der Waals surface area contributed by atoms with Crippen LogP contribution in [0.4, 0.5) is 0 Å². The van der Waals surface area contributed by atoms with Crippen molar-refractivity contribution in [3.8, 4) is 0 Å². The van der Waals surface area contributed by atoms with Crippen LogP contribution in [0.1, 0.15) is 13.3 Å². The summed E-state index contributed by atoms with van der Waals surface area (Å²) in [5, 5.41) is 12.4. The molecule has 1 amide bonds. The molecule has 0 spiro atoms. The summed E-state index contributed by atoms with van der Waals surface area (Å²) in [7, 11) is 1.76. The summed E-state index contributed by atoms with van der Waals surface area (Å²) in [4.78, 5) is 10.8. The van der Waals surface area contributed by atoms with E-state index in [1.54, 1.807) is 20.2 Å². The van der Waals surface area contributed by atoms with Crippen LogP contribution in [-0.2, 0) is 4.79 Å². The van der Waals surface area contributed by atoms with E-state index in [4.69, 9.17) is 5.41 Å². The third kappa shape index (κ3) is 4.49. The molecule has 0 heterocycles. The minimum absolute atomic E-state index is 0.00106. The van der Waals surface area contributed by atoms with Crippen molar-refractivity contribution < 1.29 is 4.79 Å². The van der Waals surface area contributed by atoms with E-state index in [2.05, 4.69) is 10.6 Å². The Labute approximate surface area is 72.6 Å². The lowest BCUT2D eigenvalue weighted by atomic mass is 10.3. The highest BCUT2D eigenvalue weighted by atomic mass is 16.1. The SMILES string of the molecule is CCC(=O)NC/C(C=N)=C/NC. The van der Waals surface area contributed by atoms with Crippen LogP contribution >= 0.6 is 0 Å². The smallest absolute Gasteiger partial charge is 0.219 e. The molecule has 0 aromatic carbocycles. The average Bonchev–Trinajstić information content (AvgIpc) is 2.11. The molecule has 0 aliphatic heterocycles. The molecule has 68 valence electrons. The highest BCUT2D eigenvalue weighted by Crippen LogP contribution is 1.85. The van der Waals surface area contributed by atoms with Crippen LogP contribution in [0.5, 0.6) is 0 Å². The van der Waals surface area contributed by atoms with E-state index >= 15 is 0 Å². The van der Waals surface area contributed by atoms with E-state index in [-0.39, 0.29) is 5.91 Å². The molecule has 3 N–H and O–H groups in total. The molecule has 0 unspecified atom stereocenters. The second kappa shape index (κ2) is 6.39. The number of amides is 1. The first kappa shape index (κ1) is 10.7. The van der Waals surface area contributed by atoms with Crippen LogP contribution in [0.3, 0.4) is 0 Å². The first-order valence-corrected chi connectivity index (χ1v) is 3.88. The monoisotopic (exact) mass is 169 g/mol.